The van der Waals surface area contributed by atoms with Crippen molar-refractivity contribution < 1.29 is 9.84 Å². The number of benzene rings is 1. The van der Waals surface area contributed by atoms with Crippen LogP contribution in [0.2, 0.25) is 0 Å². The maximum Gasteiger partial charge on any atom is 0.0579 e. The Kier molecular flexibility index (Phi) is 3.82. The molecule has 1 atom stereocenters. The summed E-state index contributed by atoms with van der Waals surface area (Å²) in [5, 5.41) is 12.8. The number of hydrogen-bond acceptors (Lipinski definition) is 3. The summed E-state index contributed by atoms with van der Waals surface area (Å²) in [6.45, 7) is 6.57. The minimum absolute atomic E-state index is 0.0566. The van der Waals surface area contributed by atoms with Crippen LogP contribution in [-0.2, 0) is 4.74 Å². The maximum absolute atomic E-state index is 9.34. The van der Waals surface area contributed by atoms with Crippen LogP contribution < -0.4 is 5.32 Å². The van der Waals surface area contributed by atoms with Crippen LogP contribution in [0.4, 0.5) is 0 Å². The highest BCUT2D eigenvalue weighted by atomic mass is 16.5. The van der Waals surface area contributed by atoms with E-state index < -0.39 is 0 Å². The van der Waals surface area contributed by atoms with Crippen LogP contribution in [-0.4, -0.2) is 31.5 Å². The number of rotatable bonds is 5. The van der Waals surface area contributed by atoms with E-state index in [0.29, 0.717) is 19.3 Å². The Balaban J connectivity index is 1.88. The van der Waals surface area contributed by atoms with Gasteiger partial charge in [0.05, 0.1) is 25.2 Å². The Morgan fingerprint density at radius 1 is 1.35 bits per heavy atom. The molecule has 1 fully saturated rings. The molecule has 1 aromatic rings. The first-order valence-electron chi connectivity index (χ1n) is 6.14. The van der Waals surface area contributed by atoms with Crippen LogP contribution in [0, 0.1) is 12.3 Å². The normalized spacial score (nSPS) is 19.7. The van der Waals surface area contributed by atoms with E-state index in [1.54, 1.807) is 0 Å². The molecule has 1 unspecified atom stereocenters. The summed E-state index contributed by atoms with van der Waals surface area (Å²) in [6.07, 6.45) is 0. The van der Waals surface area contributed by atoms with Crippen LogP contribution in [0.15, 0.2) is 24.3 Å². The summed E-state index contributed by atoms with van der Waals surface area (Å²) in [7, 11) is 0. The van der Waals surface area contributed by atoms with E-state index in [9.17, 15) is 5.11 Å². The Bertz CT molecular complexity index is 351. The quantitative estimate of drug-likeness (QED) is 0.815. The zero-order chi connectivity index (χ0) is 12.3. The fourth-order valence-electron chi connectivity index (χ4n) is 1.98. The van der Waals surface area contributed by atoms with Gasteiger partial charge < -0.3 is 15.2 Å². The number of aliphatic hydroxyl groups is 1. The number of nitrogens with one attached hydrogen (secondary N) is 1. The van der Waals surface area contributed by atoms with Gasteiger partial charge in [-0.1, -0.05) is 29.8 Å². The lowest BCUT2D eigenvalue weighted by atomic mass is 9.86. The van der Waals surface area contributed by atoms with E-state index >= 15 is 0 Å². The lowest BCUT2D eigenvalue weighted by Gasteiger charge is -2.40. The molecule has 3 nitrogen and oxygen atoms in total. The van der Waals surface area contributed by atoms with Crippen molar-refractivity contribution in [2.24, 2.45) is 5.41 Å². The summed E-state index contributed by atoms with van der Waals surface area (Å²) in [5.74, 6) is 0. The van der Waals surface area contributed by atoms with Crippen LogP contribution in [0.1, 0.15) is 24.1 Å². The van der Waals surface area contributed by atoms with E-state index in [-0.39, 0.29) is 12.0 Å². The number of aryl methyl sites for hydroxylation is 1. The molecular weight excluding hydrogens is 214 g/mol. The minimum Gasteiger partial charge on any atom is -0.396 e. The van der Waals surface area contributed by atoms with Crippen LogP contribution in [0.5, 0.6) is 0 Å². The highest BCUT2D eigenvalue weighted by molar-refractivity contribution is 5.23. The topological polar surface area (TPSA) is 41.5 Å². The maximum atomic E-state index is 9.34. The van der Waals surface area contributed by atoms with Gasteiger partial charge in [0.15, 0.2) is 0 Å². The second-order valence-corrected chi connectivity index (χ2v) is 5.16. The van der Waals surface area contributed by atoms with Crippen LogP contribution in [0.25, 0.3) is 0 Å². The first-order valence-corrected chi connectivity index (χ1v) is 6.14. The molecule has 0 aliphatic carbocycles. The number of aliphatic hydroxyl groups excluding tert-OH is 1. The summed E-state index contributed by atoms with van der Waals surface area (Å²) in [4.78, 5) is 0. The zero-order valence-electron chi connectivity index (χ0n) is 10.6. The second-order valence-electron chi connectivity index (χ2n) is 5.16. The Hall–Kier alpha value is -0.900. The van der Waals surface area contributed by atoms with E-state index in [4.69, 9.17) is 4.74 Å². The molecule has 1 aliphatic rings. The standard InChI is InChI=1S/C14H21NO2/c1-11-3-5-13(6-4-11)12(2)15-7-14(8-16)9-17-10-14/h3-6,12,15-16H,7-10H2,1-2H3. The number of ether oxygens (including phenoxy) is 1. The fraction of sp³-hybridized carbons (Fsp3) is 0.571. The Morgan fingerprint density at radius 2 is 2.00 bits per heavy atom. The molecule has 0 saturated carbocycles. The van der Waals surface area contributed by atoms with Gasteiger partial charge >= 0.3 is 0 Å². The van der Waals surface area contributed by atoms with Crippen molar-refractivity contribution in [3.05, 3.63) is 35.4 Å². The molecule has 94 valence electrons. The van der Waals surface area contributed by atoms with Crippen molar-refractivity contribution in [1.29, 1.82) is 0 Å². The molecule has 1 aromatic carbocycles. The molecule has 2 N–H and O–H groups in total. The summed E-state index contributed by atoms with van der Waals surface area (Å²) in [6, 6.07) is 8.86. The molecule has 3 heteroatoms. The molecule has 0 spiro atoms. The van der Waals surface area contributed by atoms with Crippen molar-refractivity contribution in [1.82, 2.24) is 5.32 Å². The van der Waals surface area contributed by atoms with Gasteiger partial charge in [0, 0.05) is 12.6 Å². The first kappa shape index (κ1) is 12.6. The third-order valence-electron chi connectivity index (χ3n) is 3.51. The van der Waals surface area contributed by atoms with E-state index in [0.717, 1.165) is 6.54 Å². The minimum atomic E-state index is -0.0566. The first-order chi connectivity index (χ1) is 8.15. The van der Waals surface area contributed by atoms with Crippen LogP contribution >= 0.6 is 0 Å². The summed E-state index contributed by atoms with van der Waals surface area (Å²) >= 11 is 0. The lowest BCUT2D eigenvalue weighted by Crippen LogP contribution is -2.52. The molecule has 2 rings (SSSR count). The predicted molar refractivity (Wildman–Crippen MR) is 67.9 cm³/mol. The van der Waals surface area contributed by atoms with Crippen molar-refractivity contribution in [2.75, 3.05) is 26.4 Å². The molecular formula is C14H21NO2. The molecule has 0 aromatic heterocycles. The average molecular weight is 235 g/mol. The molecule has 0 radical (unpaired) electrons. The van der Waals surface area contributed by atoms with Gasteiger partial charge in [-0.05, 0) is 19.4 Å². The molecule has 17 heavy (non-hydrogen) atoms. The molecule has 1 aliphatic heterocycles. The van der Waals surface area contributed by atoms with Crippen molar-refractivity contribution in [3.8, 4) is 0 Å². The molecule has 0 bridgehead atoms. The third-order valence-corrected chi connectivity index (χ3v) is 3.51. The van der Waals surface area contributed by atoms with Gasteiger partial charge in [-0.25, -0.2) is 0 Å². The van der Waals surface area contributed by atoms with Gasteiger partial charge in [-0.15, -0.1) is 0 Å². The largest absolute Gasteiger partial charge is 0.396 e. The summed E-state index contributed by atoms with van der Waals surface area (Å²) < 4.78 is 5.18. The molecule has 1 heterocycles. The highest BCUT2D eigenvalue weighted by Gasteiger charge is 2.37. The number of hydrogen-bond donors (Lipinski definition) is 2. The third kappa shape index (κ3) is 2.86. The second kappa shape index (κ2) is 5.17. The van der Waals surface area contributed by atoms with Crippen LogP contribution in [0.3, 0.4) is 0 Å². The molecule has 1 saturated heterocycles. The predicted octanol–water partition coefficient (Wildman–Crippen LogP) is 1.65. The van der Waals surface area contributed by atoms with Gasteiger partial charge in [0.2, 0.25) is 0 Å². The zero-order valence-corrected chi connectivity index (χ0v) is 10.6. The smallest absolute Gasteiger partial charge is 0.0579 e. The average Bonchev–Trinajstić information content (AvgIpc) is 2.29. The van der Waals surface area contributed by atoms with E-state index in [1.165, 1.54) is 11.1 Å². The molecule has 0 amide bonds. The van der Waals surface area contributed by atoms with E-state index in [2.05, 4.69) is 43.4 Å². The summed E-state index contributed by atoms with van der Waals surface area (Å²) in [5.41, 5.74) is 2.50. The van der Waals surface area contributed by atoms with Crippen molar-refractivity contribution >= 4 is 0 Å². The van der Waals surface area contributed by atoms with Gasteiger partial charge in [-0.2, -0.15) is 0 Å². The van der Waals surface area contributed by atoms with Gasteiger partial charge in [0.25, 0.3) is 0 Å². The lowest BCUT2D eigenvalue weighted by molar-refractivity contribution is -0.135. The highest BCUT2D eigenvalue weighted by Crippen LogP contribution is 2.26. The Labute approximate surface area is 103 Å². The van der Waals surface area contributed by atoms with Gasteiger partial charge in [0.1, 0.15) is 0 Å². The Morgan fingerprint density at radius 3 is 2.47 bits per heavy atom. The monoisotopic (exact) mass is 235 g/mol. The van der Waals surface area contributed by atoms with Crippen molar-refractivity contribution in [3.63, 3.8) is 0 Å². The van der Waals surface area contributed by atoms with E-state index in [1.807, 2.05) is 0 Å². The van der Waals surface area contributed by atoms with Crippen molar-refractivity contribution in [2.45, 2.75) is 19.9 Å². The SMILES string of the molecule is Cc1ccc(C(C)NCC2(CO)COC2)cc1. The fourth-order valence-corrected chi connectivity index (χ4v) is 1.98. The van der Waals surface area contributed by atoms with Gasteiger partial charge in [-0.3, -0.25) is 0 Å².